The van der Waals surface area contributed by atoms with Gasteiger partial charge in [0.15, 0.2) is 5.69 Å². The van der Waals surface area contributed by atoms with Crippen molar-refractivity contribution in [2.45, 2.75) is 44.9 Å². The molecule has 168 valence electrons. The van der Waals surface area contributed by atoms with Crippen LogP contribution in [-0.2, 0) is 6.18 Å². The minimum atomic E-state index is -4.55. The SMILES string of the molecule is Cc1ccc(C(=O)N2CCC[C@@H](Nc3cnc(C(F)(F)F)cn3)[C@@H]2C)c(-c2ncco2)n1. The monoisotopic (exact) mass is 446 g/mol. The first-order valence-electron chi connectivity index (χ1n) is 10.1. The first-order chi connectivity index (χ1) is 15.2. The Morgan fingerprint density at radius 3 is 2.69 bits per heavy atom. The molecule has 0 bridgehead atoms. The summed E-state index contributed by atoms with van der Waals surface area (Å²) in [6, 6.07) is 3.00. The first kappa shape index (κ1) is 21.7. The van der Waals surface area contributed by atoms with E-state index in [1.807, 2.05) is 13.8 Å². The number of carbonyl (C=O) groups excluding carboxylic acids is 1. The van der Waals surface area contributed by atoms with Crippen molar-refractivity contribution in [2.24, 2.45) is 0 Å². The molecule has 1 aliphatic heterocycles. The number of likely N-dealkylation sites (tertiary alicyclic amines) is 1. The summed E-state index contributed by atoms with van der Waals surface area (Å²) >= 11 is 0. The number of aryl methyl sites for hydroxylation is 1. The molecule has 0 aliphatic carbocycles. The van der Waals surface area contributed by atoms with E-state index in [1.54, 1.807) is 17.0 Å². The molecule has 0 unspecified atom stereocenters. The minimum absolute atomic E-state index is 0.206. The van der Waals surface area contributed by atoms with Crippen LogP contribution in [0.3, 0.4) is 0 Å². The number of alkyl halides is 3. The lowest BCUT2D eigenvalue weighted by Gasteiger charge is -2.40. The van der Waals surface area contributed by atoms with Crippen molar-refractivity contribution < 1.29 is 22.4 Å². The smallest absolute Gasteiger partial charge is 0.434 e. The van der Waals surface area contributed by atoms with E-state index in [0.717, 1.165) is 24.7 Å². The maximum atomic E-state index is 13.4. The van der Waals surface area contributed by atoms with Gasteiger partial charge in [0, 0.05) is 24.3 Å². The summed E-state index contributed by atoms with van der Waals surface area (Å²) < 4.78 is 43.5. The van der Waals surface area contributed by atoms with Gasteiger partial charge in [-0.25, -0.2) is 19.9 Å². The summed E-state index contributed by atoms with van der Waals surface area (Å²) in [5.41, 5.74) is 0.417. The number of pyridine rings is 1. The van der Waals surface area contributed by atoms with E-state index in [1.165, 1.54) is 12.5 Å². The van der Waals surface area contributed by atoms with Gasteiger partial charge in [-0.05, 0) is 38.8 Å². The van der Waals surface area contributed by atoms with Crippen LogP contribution in [0.4, 0.5) is 19.0 Å². The molecule has 1 amide bonds. The van der Waals surface area contributed by atoms with Gasteiger partial charge in [-0.2, -0.15) is 13.2 Å². The van der Waals surface area contributed by atoms with Crippen LogP contribution < -0.4 is 5.32 Å². The van der Waals surface area contributed by atoms with Crippen LogP contribution in [-0.4, -0.2) is 49.4 Å². The second-order valence-corrected chi connectivity index (χ2v) is 7.60. The second-order valence-electron chi connectivity index (χ2n) is 7.60. The Morgan fingerprint density at radius 1 is 1.22 bits per heavy atom. The Labute approximate surface area is 181 Å². The molecule has 8 nitrogen and oxygen atoms in total. The molecule has 1 fully saturated rings. The predicted octanol–water partition coefficient (Wildman–Crippen LogP) is 3.96. The van der Waals surface area contributed by atoms with Gasteiger partial charge in [-0.3, -0.25) is 4.79 Å². The predicted molar refractivity (Wildman–Crippen MR) is 109 cm³/mol. The molecule has 11 heteroatoms. The highest BCUT2D eigenvalue weighted by Gasteiger charge is 2.35. The number of aromatic nitrogens is 4. The number of rotatable bonds is 4. The summed E-state index contributed by atoms with van der Waals surface area (Å²) in [5, 5.41) is 3.12. The number of amides is 1. The zero-order valence-electron chi connectivity index (χ0n) is 17.4. The Morgan fingerprint density at radius 2 is 2.03 bits per heavy atom. The van der Waals surface area contributed by atoms with Crippen LogP contribution in [0.15, 0.2) is 41.4 Å². The van der Waals surface area contributed by atoms with E-state index >= 15 is 0 Å². The molecule has 0 saturated carbocycles. The number of nitrogens with zero attached hydrogens (tertiary/aromatic N) is 5. The summed E-state index contributed by atoms with van der Waals surface area (Å²) in [6.07, 6.45) is 1.56. The number of oxazole rings is 1. The molecule has 3 aromatic rings. The van der Waals surface area contributed by atoms with Crippen LogP contribution in [0.1, 0.15) is 41.5 Å². The molecule has 3 aromatic heterocycles. The number of hydrogen-bond donors (Lipinski definition) is 1. The number of anilines is 1. The summed E-state index contributed by atoms with van der Waals surface area (Å²) in [7, 11) is 0. The summed E-state index contributed by atoms with van der Waals surface area (Å²) in [5.74, 6) is 0.265. The van der Waals surface area contributed by atoms with Crippen molar-refractivity contribution in [2.75, 3.05) is 11.9 Å². The van der Waals surface area contributed by atoms with Gasteiger partial charge in [0.05, 0.1) is 24.2 Å². The third kappa shape index (κ3) is 4.41. The maximum Gasteiger partial charge on any atom is 0.434 e. The van der Waals surface area contributed by atoms with E-state index in [0.29, 0.717) is 24.0 Å². The number of piperidine rings is 1. The average molecular weight is 446 g/mol. The lowest BCUT2D eigenvalue weighted by atomic mass is 9.96. The Balaban J connectivity index is 1.54. The van der Waals surface area contributed by atoms with Crippen molar-refractivity contribution in [3.8, 4) is 11.6 Å². The fraction of sp³-hybridized carbons (Fsp3) is 0.381. The van der Waals surface area contributed by atoms with Gasteiger partial charge in [0.2, 0.25) is 5.89 Å². The summed E-state index contributed by atoms with van der Waals surface area (Å²) in [4.78, 5) is 31.0. The van der Waals surface area contributed by atoms with Gasteiger partial charge in [-0.1, -0.05) is 0 Å². The molecule has 4 heterocycles. The molecule has 4 rings (SSSR count). The van der Waals surface area contributed by atoms with E-state index in [9.17, 15) is 18.0 Å². The van der Waals surface area contributed by atoms with Gasteiger partial charge in [0.1, 0.15) is 17.8 Å². The zero-order chi connectivity index (χ0) is 22.9. The molecule has 32 heavy (non-hydrogen) atoms. The molecule has 0 spiro atoms. The molecular formula is C21H21F3N6O2. The first-order valence-corrected chi connectivity index (χ1v) is 10.1. The third-order valence-corrected chi connectivity index (χ3v) is 5.42. The highest BCUT2D eigenvalue weighted by atomic mass is 19.4. The summed E-state index contributed by atoms with van der Waals surface area (Å²) in [6.45, 7) is 4.24. The zero-order valence-corrected chi connectivity index (χ0v) is 17.4. The lowest BCUT2D eigenvalue weighted by molar-refractivity contribution is -0.141. The van der Waals surface area contributed by atoms with Gasteiger partial charge < -0.3 is 14.6 Å². The molecular weight excluding hydrogens is 425 g/mol. The number of nitrogens with one attached hydrogen (secondary N) is 1. The molecule has 1 N–H and O–H groups in total. The maximum absolute atomic E-state index is 13.4. The van der Waals surface area contributed by atoms with Crippen molar-refractivity contribution in [3.05, 3.63) is 53.9 Å². The van der Waals surface area contributed by atoms with E-state index in [4.69, 9.17) is 4.42 Å². The Hall–Kier alpha value is -3.50. The van der Waals surface area contributed by atoms with Gasteiger partial charge >= 0.3 is 6.18 Å². The van der Waals surface area contributed by atoms with Crippen molar-refractivity contribution in [1.82, 2.24) is 24.8 Å². The van der Waals surface area contributed by atoms with Crippen molar-refractivity contribution in [1.29, 1.82) is 0 Å². The van der Waals surface area contributed by atoms with Crippen LogP contribution in [0, 0.1) is 6.92 Å². The van der Waals surface area contributed by atoms with Crippen molar-refractivity contribution in [3.63, 3.8) is 0 Å². The standard InChI is InChI=1S/C21H21F3N6O2/c1-12-5-6-14(18(28-12)19-25-7-9-32-19)20(31)30-8-3-4-15(13(30)2)29-17-11-26-16(10-27-17)21(22,23)24/h5-7,9-11,13,15H,3-4,8H2,1-2H3,(H,27,29)/t13-,15+/m0/s1. The Kier molecular flexibility index (Phi) is 5.81. The molecule has 1 saturated heterocycles. The fourth-order valence-corrected chi connectivity index (χ4v) is 3.75. The Bertz CT molecular complexity index is 1090. The third-order valence-electron chi connectivity index (χ3n) is 5.42. The van der Waals surface area contributed by atoms with Crippen molar-refractivity contribution >= 4 is 11.7 Å². The molecule has 2 atom stereocenters. The van der Waals surface area contributed by atoms with Crippen LogP contribution in [0.5, 0.6) is 0 Å². The quantitative estimate of drug-likeness (QED) is 0.648. The number of hydrogen-bond acceptors (Lipinski definition) is 7. The van der Waals surface area contributed by atoms with Gasteiger partial charge in [0.25, 0.3) is 5.91 Å². The largest absolute Gasteiger partial charge is 0.443 e. The minimum Gasteiger partial charge on any atom is -0.443 e. The van der Waals surface area contributed by atoms with Crippen LogP contribution in [0.2, 0.25) is 0 Å². The second kappa shape index (κ2) is 8.56. The van der Waals surface area contributed by atoms with Gasteiger partial charge in [-0.15, -0.1) is 0 Å². The van der Waals surface area contributed by atoms with E-state index in [2.05, 4.69) is 25.3 Å². The highest BCUT2D eigenvalue weighted by Crippen LogP contribution is 2.29. The molecule has 0 radical (unpaired) electrons. The highest BCUT2D eigenvalue weighted by molar-refractivity contribution is 5.99. The van der Waals surface area contributed by atoms with Crippen LogP contribution in [0.25, 0.3) is 11.6 Å². The average Bonchev–Trinajstić information content (AvgIpc) is 3.29. The van der Waals surface area contributed by atoms with E-state index < -0.39 is 11.9 Å². The molecule has 0 aromatic carbocycles. The molecule has 1 aliphatic rings. The topological polar surface area (TPSA) is 97.0 Å². The number of halogens is 3. The van der Waals surface area contributed by atoms with Crippen LogP contribution >= 0.6 is 0 Å². The normalized spacial score (nSPS) is 19.1. The lowest BCUT2D eigenvalue weighted by Crippen LogP contribution is -2.52. The van der Waals surface area contributed by atoms with E-state index in [-0.39, 0.29) is 29.7 Å². The number of carbonyl (C=O) groups is 1. The fourth-order valence-electron chi connectivity index (χ4n) is 3.75.